The van der Waals surface area contributed by atoms with Gasteiger partial charge in [0.1, 0.15) is 0 Å². The van der Waals surface area contributed by atoms with Gasteiger partial charge in [-0.05, 0) is 24.3 Å². The fourth-order valence-electron chi connectivity index (χ4n) is 3.10. The van der Waals surface area contributed by atoms with Crippen LogP contribution in [0.3, 0.4) is 0 Å². The van der Waals surface area contributed by atoms with E-state index in [4.69, 9.17) is 5.73 Å². The number of carbonyl (C=O) groups is 2. The van der Waals surface area contributed by atoms with E-state index in [1.165, 1.54) is 0 Å². The number of amides is 2. The van der Waals surface area contributed by atoms with Gasteiger partial charge in [0.05, 0.1) is 12.5 Å². The topological polar surface area (TPSA) is 75.4 Å². The highest BCUT2D eigenvalue weighted by atomic mass is 16.2. The summed E-state index contributed by atoms with van der Waals surface area (Å²) >= 11 is 0. The molecule has 0 spiro atoms. The van der Waals surface area contributed by atoms with E-state index >= 15 is 0 Å². The molecule has 0 bridgehead atoms. The zero-order valence-corrected chi connectivity index (χ0v) is 13.0. The van der Waals surface area contributed by atoms with E-state index in [1.807, 2.05) is 42.5 Å². The average Bonchev–Trinajstić information content (AvgIpc) is 2.59. The van der Waals surface area contributed by atoms with Crippen LogP contribution < -0.4 is 11.1 Å². The van der Waals surface area contributed by atoms with Crippen LogP contribution >= 0.6 is 0 Å². The van der Waals surface area contributed by atoms with Gasteiger partial charge in [0.2, 0.25) is 11.8 Å². The number of rotatable bonds is 4. The minimum absolute atomic E-state index is 0.00360. The number of carbonyl (C=O) groups excluding carboxylic acids is 2. The third kappa shape index (κ3) is 3.44. The van der Waals surface area contributed by atoms with E-state index in [0.29, 0.717) is 13.1 Å². The van der Waals surface area contributed by atoms with E-state index in [0.717, 1.165) is 29.3 Å². The number of hydrogen-bond acceptors (Lipinski definition) is 3. The molecule has 2 aromatic carbocycles. The summed E-state index contributed by atoms with van der Waals surface area (Å²) in [6.45, 7) is 1.35. The number of hydrogen-bond donors (Lipinski definition) is 2. The Balaban J connectivity index is 1.65. The van der Waals surface area contributed by atoms with Crippen LogP contribution in [0.25, 0.3) is 10.8 Å². The molecule has 3 N–H and O–H groups in total. The Morgan fingerprint density at radius 1 is 1.17 bits per heavy atom. The lowest BCUT2D eigenvalue weighted by Crippen LogP contribution is -2.45. The molecule has 23 heavy (non-hydrogen) atoms. The maximum Gasteiger partial charge on any atom is 0.241 e. The van der Waals surface area contributed by atoms with Gasteiger partial charge in [-0.25, -0.2) is 0 Å². The third-order valence-electron chi connectivity index (χ3n) is 4.40. The number of nitrogens with zero attached hydrogens (tertiary/aromatic N) is 1. The predicted molar refractivity (Wildman–Crippen MR) is 90.9 cm³/mol. The SMILES string of the molecule is NC(=O)[C@@H]1CCCN(C(=O)CNc2cccc3ccccc23)C1. The monoisotopic (exact) mass is 311 g/mol. The van der Waals surface area contributed by atoms with Gasteiger partial charge in [-0.3, -0.25) is 9.59 Å². The molecular weight excluding hydrogens is 290 g/mol. The van der Waals surface area contributed by atoms with Gasteiger partial charge in [0.15, 0.2) is 0 Å². The van der Waals surface area contributed by atoms with Gasteiger partial charge >= 0.3 is 0 Å². The molecule has 3 rings (SSSR count). The molecule has 1 saturated heterocycles. The molecule has 120 valence electrons. The number of nitrogens with one attached hydrogen (secondary N) is 1. The number of primary amides is 1. The summed E-state index contributed by atoms with van der Waals surface area (Å²) in [5.74, 6) is -0.529. The maximum absolute atomic E-state index is 12.4. The Hall–Kier alpha value is -2.56. The highest BCUT2D eigenvalue weighted by Gasteiger charge is 2.26. The third-order valence-corrected chi connectivity index (χ3v) is 4.40. The van der Waals surface area contributed by atoms with Crippen LogP contribution in [0.1, 0.15) is 12.8 Å². The predicted octanol–water partition coefficient (Wildman–Crippen LogP) is 1.98. The lowest BCUT2D eigenvalue weighted by atomic mass is 9.97. The van der Waals surface area contributed by atoms with Crippen molar-refractivity contribution in [2.24, 2.45) is 11.7 Å². The minimum Gasteiger partial charge on any atom is -0.376 e. The highest BCUT2D eigenvalue weighted by Crippen LogP contribution is 2.23. The summed E-state index contributed by atoms with van der Waals surface area (Å²) in [5, 5.41) is 5.45. The van der Waals surface area contributed by atoms with E-state index in [9.17, 15) is 9.59 Å². The van der Waals surface area contributed by atoms with E-state index in [-0.39, 0.29) is 24.3 Å². The molecule has 2 amide bonds. The summed E-state index contributed by atoms with van der Waals surface area (Å²) in [6.07, 6.45) is 1.60. The molecule has 1 atom stereocenters. The normalized spacial score (nSPS) is 17.9. The second-order valence-electron chi connectivity index (χ2n) is 5.96. The summed E-state index contributed by atoms with van der Waals surface area (Å²) < 4.78 is 0. The van der Waals surface area contributed by atoms with Crippen LogP contribution in [0.4, 0.5) is 5.69 Å². The summed E-state index contributed by atoms with van der Waals surface area (Å²) in [6, 6.07) is 14.0. The van der Waals surface area contributed by atoms with Crippen LogP contribution in [-0.2, 0) is 9.59 Å². The molecule has 1 aliphatic heterocycles. The van der Waals surface area contributed by atoms with Crippen LogP contribution in [0.5, 0.6) is 0 Å². The van der Waals surface area contributed by atoms with E-state index in [1.54, 1.807) is 4.90 Å². The van der Waals surface area contributed by atoms with Gasteiger partial charge in [0.25, 0.3) is 0 Å². The molecule has 1 heterocycles. The van der Waals surface area contributed by atoms with Crippen molar-refractivity contribution in [3.8, 4) is 0 Å². The lowest BCUT2D eigenvalue weighted by molar-refractivity contribution is -0.133. The van der Waals surface area contributed by atoms with Gasteiger partial charge in [-0.2, -0.15) is 0 Å². The quantitative estimate of drug-likeness (QED) is 0.906. The van der Waals surface area contributed by atoms with Crippen LogP contribution in [0.2, 0.25) is 0 Å². The van der Waals surface area contributed by atoms with Crippen molar-refractivity contribution < 1.29 is 9.59 Å². The molecule has 0 aliphatic carbocycles. The fraction of sp³-hybridized carbons (Fsp3) is 0.333. The Morgan fingerprint density at radius 2 is 1.96 bits per heavy atom. The van der Waals surface area contributed by atoms with Gasteiger partial charge in [-0.1, -0.05) is 36.4 Å². The Morgan fingerprint density at radius 3 is 2.78 bits per heavy atom. The molecule has 0 radical (unpaired) electrons. The second kappa shape index (κ2) is 6.69. The molecule has 0 aromatic heterocycles. The number of benzene rings is 2. The zero-order valence-electron chi connectivity index (χ0n) is 13.0. The van der Waals surface area contributed by atoms with Crippen LogP contribution in [-0.4, -0.2) is 36.3 Å². The molecule has 0 unspecified atom stereocenters. The van der Waals surface area contributed by atoms with Crippen molar-refractivity contribution in [3.05, 3.63) is 42.5 Å². The Bertz CT molecular complexity index is 724. The first-order valence-electron chi connectivity index (χ1n) is 7.94. The average molecular weight is 311 g/mol. The largest absolute Gasteiger partial charge is 0.376 e. The molecule has 1 fully saturated rings. The standard InChI is InChI=1S/C18H21N3O2/c19-18(23)14-7-4-10-21(12-14)17(22)11-20-16-9-3-6-13-5-1-2-8-15(13)16/h1-3,5-6,8-9,14,20H,4,7,10-12H2,(H2,19,23)/t14-/m1/s1. The molecule has 1 aliphatic rings. The van der Waals surface area contributed by atoms with E-state index < -0.39 is 0 Å². The summed E-state index contributed by atoms with van der Waals surface area (Å²) in [4.78, 5) is 25.4. The number of anilines is 1. The molecular formula is C18H21N3O2. The van der Waals surface area contributed by atoms with Crippen LogP contribution in [0.15, 0.2) is 42.5 Å². The molecule has 5 nitrogen and oxygen atoms in total. The van der Waals surface area contributed by atoms with E-state index in [2.05, 4.69) is 5.32 Å². The highest BCUT2D eigenvalue weighted by molar-refractivity contribution is 5.95. The van der Waals surface area contributed by atoms with Gasteiger partial charge < -0.3 is 16.0 Å². The summed E-state index contributed by atoms with van der Waals surface area (Å²) in [7, 11) is 0. The first kappa shape index (κ1) is 15.3. The van der Waals surface area contributed by atoms with Gasteiger partial charge in [-0.15, -0.1) is 0 Å². The van der Waals surface area contributed by atoms with Crippen molar-refractivity contribution in [3.63, 3.8) is 0 Å². The zero-order chi connectivity index (χ0) is 16.2. The number of fused-ring (bicyclic) bond motifs is 1. The second-order valence-corrected chi connectivity index (χ2v) is 5.96. The van der Waals surface area contributed by atoms with Crippen molar-refractivity contribution in [1.82, 2.24) is 4.90 Å². The maximum atomic E-state index is 12.4. The first-order chi connectivity index (χ1) is 11.1. The number of nitrogens with two attached hydrogens (primary N) is 1. The van der Waals surface area contributed by atoms with Crippen LogP contribution in [0, 0.1) is 5.92 Å². The molecule has 0 saturated carbocycles. The van der Waals surface area contributed by atoms with Crippen molar-refractivity contribution >= 4 is 28.3 Å². The molecule has 5 heteroatoms. The number of likely N-dealkylation sites (tertiary alicyclic amines) is 1. The Labute approximate surface area is 135 Å². The van der Waals surface area contributed by atoms with Crippen molar-refractivity contribution in [1.29, 1.82) is 0 Å². The van der Waals surface area contributed by atoms with Gasteiger partial charge in [0, 0.05) is 24.2 Å². The minimum atomic E-state index is -0.315. The van der Waals surface area contributed by atoms with Crippen molar-refractivity contribution in [2.75, 3.05) is 25.0 Å². The fourth-order valence-corrected chi connectivity index (χ4v) is 3.10. The molecule has 2 aromatic rings. The lowest BCUT2D eigenvalue weighted by Gasteiger charge is -2.31. The summed E-state index contributed by atoms with van der Waals surface area (Å²) in [5.41, 5.74) is 6.31. The smallest absolute Gasteiger partial charge is 0.241 e. The first-order valence-corrected chi connectivity index (χ1v) is 7.94. The Kier molecular flexibility index (Phi) is 4.46. The number of piperidine rings is 1. The van der Waals surface area contributed by atoms with Crippen molar-refractivity contribution in [2.45, 2.75) is 12.8 Å².